The number of nitrogens with one attached hydrogen (secondary N) is 1. The summed E-state index contributed by atoms with van der Waals surface area (Å²) in [6.07, 6.45) is 0. The van der Waals surface area contributed by atoms with Crippen molar-refractivity contribution in [1.29, 1.82) is 0 Å². The summed E-state index contributed by atoms with van der Waals surface area (Å²) in [5.41, 5.74) is 3.78. The van der Waals surface area contributed by atoms with Gasteiger partial charge in [-0.2, -0.15) is 0 Å². The molecule has 1 N–H and O–H groups in total. The molecule has 5 heteroatoms. The zero-order chi connectivity index (χ0) is 18.0. The Hall–Kier alpha value is -3.08. The van der Waals surface area contributed by atoms with Crippen molar-refractivity contribution in [1.82, 2.24) is 0 Å². The highest BCUT2D eigenvalue weighted by Gasteiger charge is 2.08. The van der Waals surface area contributed by atoms with Crippen molar-refractivity contribution in [3.8, 4) is 5.75 Å². The number of carbonyl (C=O) groups is 1. The number of fused-ring (bicyclic) bond motifs is 1. The van der Waals surface area contributed by atoms with Gasteiger partial charge in [0.15, 0.2) is 6.61 Å². The summed E-state index contributed by atoms with van der Waals surface area (Å²) in [5, 5.41) is 3.68. The van der Waals surface area contributed by atoms with E-state index >= 15 is 0 Å². The maximum absolute atomic E-state index is 12.1. The molecular formula is C20H19NO4. The quantitative estimate of drug-likeness (QED) is 0.737. The molecular weight excluding hydrogens is 318 g/mol. The molecule has 0 fully saturated rings. The van der Waals surface area contributed by atoms with E-state index in [1.165, 1.54) is 6.07 Å². The summed E-state index contributed by atoms with van der Waals surface area (Å²) < 4.78 is 10.7. The lowest BCUT2D eigenvalue weighted by Gasteiger charge is -2.11. The molecule has 0 spiro atoms. The number of carbonyl (C=O) groups excluding carboxylic acids is 1. The Morgan fingerprint density at radius 3 is 2.68 bits per heavy atom. The predicted molar refractivity (Wildman–Crippen MR) is 97.3 cm³/mol. The monoisotopic (exact) mass is 337 g/mol. The van der Waals surface area contributed by atoms with Gasteiger partial charge in [-0.05, 0) is 55.7 Å². The molecule has 0 bridgehead atoms. The van der Waals surface area contributed by atoms with Crippen LogP contribution >= 0.6 is 0 Å². The molecule has 128 valence electrons. The fourth-order valence-electron chi connectivity index (χ4n) is 2.62. The molecule has 0 unspecified atom stereocenters. The van der Waals surface area contributed by atoms with E-state index in [1.54, 1.807) is 12.1 Å². The molecule has 5 nitrogen and oxygen atoms in total. The number of hydrogen-bond acceptors (Lipinski definition) is 4. The van der Waals surface area contributed by atoms with Gasteiger partial charge in [0.25, 0.3) is 5.91 Å². The van der Waals surface area contributed by atoms with Gasteiger partial charge >= 0.3 is 5.63 Å². The van der Waals surface area contributed by atoms with Crippen LogP contribution in [-0.4, -0.2) is 12.5 Å². The summed E-state index contributed by atoms with van der Waals surface area (Å²) in [7, 11) is 0. The molecule has 0 radical (unpaired) electrons. The van der Waals surface area contributed by atoms with E-state index in [0.29, 0.717) is 11.3 Å². The second-order valence-electron chi connectivity index (χ2n) is 5.99. The fourth-order valence-corrected chi connectivity index (χ4v) is 2.62. The van der Waals surface area contributed by atoms with Gasteiger partial charge in [-0.3, -0.25) is 4.79 Å². The van der Waals surface area contributed by atoms with Crippen LogP contribution in [0.15, 0.2) is 51.7 Å². The standard InChI is InChI=1S/C20H19NO4/c1-12-5-4-6-17(14(12)3)21-19(22)11-24-15-7-8-16-13(2)9-20(23)25-18(16)10-15/h4-10H,11H2,1-3H3,(H,21,22). The highest BCUT2D eigenvalue weighted by molar-refractivity contribution is 5.92. The number of ether oxygens (including phenoxy) is 1. The van der Waals surface area contributed by atoms with Crippen molar-refractivity contribution >= 4 is 22.6 Å². The number of hydrogen-bond donors (Lipinski definition) is 1. The Kier molecular flexibility index (Phi) is 4.57. The molecule has 0 saturated carbocycles. The Bertz CT molecular complexity index is 1000. The van der Waals surface area contributed by atoms with E-state index in [-0.39, 0.29) is 12.5 Å². The van der Waals surface area contributed by atoms with Crippen LogP contribution in [0.25, 0.3) is 11.0 Å². The predicted octanol–water partition coefficient (Wildman–Crippen LogP) is 3.74. The second-order valence-corrected chi connectivity index (χ2v) is 5.99. The first kappa shape index (κ1) is 16.8. The average molecular weight is 337 g/mol. The average Bonchev–Trinajstić information content (AvgIpc) is 2.56. The molecule has 1 heterocycles. The van der Waals surface area contributed by atoms with Crippen LogP contribution in [0, 0.1) is 20.8 Å². The highest BCUT2D eigenvalue weighted by Crippen LogP contribution is 2.22. The molecule has 0 saturated heterocycles. The van der Waals surface area contributed by atoms with Crippen LogP contribution in [-0.2, 0) is 4.79 Å². The number of aryl methyl sites for hydroxylation is 2. The largest absolute Gasteiger partial charge is 0.484 e. The molecule has 1 amide bonds. The SMILES string of the molecule is Cc1cccc(NC(=O)COc2ccc3c(C)cc(=O)oc3c2)c1C. The lowest BCUT2D eigenvalue weighted by molar-refractivity contribution is -0.118. The van der Waals surface area contributed by atoms with Crippen LogP contribution in [0.1, 0.15) is 16.7 Å². The van der Waals surface area contributed by atoms with E-state index in [4.69, 9.17) is 9.15 Å². The minimum atomic E-state index is -0.408. The van der Waals surface area contributed by atoms with E-state index in [1.807, 2.05) is 45.0 Å². The topological polar surface area (TPSA) is 68.5 Å². The van der Waals surface area contributed by atoms with E-state index < -0.39 is 5.63 Å². The number of rotatable bonds is 4. The van der Waals surface area contributed by atoms with Gasteiger partial charge in [0, 0.05) is 23.2 Å². The number of anilines is 1. The van der Waals surface area contributed by atoms with Crippen molar-refractivity contribution in [2.45, 2.75) is 20.8 Å². The van der Waals surface area contributed by atoms with E-state index in [9.17, 15) is 9.59 Å². The van der Waals surface area contributed by atoms with Gasteiger partial charge in [0.2, 0.25) is 0 Å². The fraction of sp³-hybridized carbons (Fsp3) is 0.200. The third-order valence-electron chi connectivity index (χ3n) is 4.17. The Labute approximate surface area is 145 Å². The Morgan fingerprint density at radius 1 is 1.08 bits per heavy atom. The van der Waals surface area contributed by atoms with Gasteiger partial charge in [0.05, 0.1) is 0 Å². The van der Waals surface area contributed by atoms with Crippen molar-refractivity contribution in [2.24, 2.45) is 0 Å². The normalized spacial score (nSPS) is 10.7. The molecule has 2 aromatic carbocycles. The van der Waals surface area contributed by atoms with Gasteiger partial charge in [0.1, 0.15) is 11.3 Å². The smallest absolute Gasteiger partial charge is 0.336 e. The van der Waals surface area contributed by atoms with Crippen LogP contribution in [0.2, 0.25) is 0 Å². The zero-order valence-corrected chi connectivity index (χ0v) is 14.4. The molecule has 25 heavy (non-hydrogen) atoms. The van der Waals surface area contributed by atoms with Gasteiger partial charge in [-0.1, -0.05) is 12.1 Å². The summed E-state index contributed by atoms with van der Waals surface area (Å²) >= 11 is 0. The third-order valence-corrected chi connectivity index (χ3v) is 4.17. The first-order chi connectivity index (χ1) is 11.9. The third kappa shape index (κ3) is 3.71. The minimum absolute atomic E-state index is 0.130. The molecule has 0 atom stereocenters. The number of amides is 1. The summed E-state index contributed by atoms with van der Waals surface area (Å²) in [6.45, 7) is 5.66. The molecule has 1 aromatic heterocycles. The van der Waals surface area contributed by atoms with Gasteiger partial charge in [-0.15, -0.1) is 0 Å². The first-order valence-electron chi connectivity index (χ1n) is 7.97. The Morgan fingerprint density at radius 2 is 1.88 bits per heavy atom. The van der Waals surface area contributed by atoms with E-state index in [0.717, 1.165) is 27.8 Å². The highest BCUT2D eigenvalue weighted by atomic mass is 16.5. The lowest BCUT2D eigenvalue weighted by Crippen LogP contribution is -2.20. The van der Waals surface area contributed by atoms with Crippen LogP contribution in [0.5, 0.6) is 5.75 Å². The van der Waals surface area contributed by atoms with E-state index in [2.05, 4.69) is 5.32 Å². The number of benzene rings is 2. The maximum Gasteiger partial charge on any atom is 0.336 e. The van der Waals surface area contributed by atoms with Crippen LogP contribution in [0.4, 0.5) is 5.69 Å². The Balaban J connectivity index is 1.71. The van der Waals surface area contributed by atoms with Crippen LogP contribution < -0.4 is 15.7 Å². The van der Waals surface area contributed by atoms with Crippen molar-refractivity contribution in [2.75, 3.05) is 11.9 Å². The van der Waals surface area contributed by atoms with Gasteiger partial charge in [-0.25, -0.2) is 4.79 Å². The van der Waals surface area contributed by atoms with Crippen molar-refractivity contribution < 1.29 is 13.9 Å². The summed E-state index contributed by atoms with van der Waals surface area (Å²) in [5.74, 6) is 0.219. The molecule has 3 rings (SSSR count). The molecule has 0 aliphatic carbocycles. The van der Waals surface area contributed by atoms with Crippen molar-refractivity contribution in [3.05, 3.63) is 69.6 Å². The molecule has 0 aliphatic rings. The van der Waals surface area contributed by atoms with Crippen molar-refractivity contribution in [3.63, 3.8) is 0 Å². The first-order valence-corrected chi connectivity index (χ1v) is 7.97. The van der Waals surface area contributed by atoms with Crippen LogP contribution in [0.3, 0.4) is 0 Å². The molecule has 0 aliphatic heterocycles. The maximum atomic E-state index is 12.1. The minimum Gasteiger partial charge on any atom is -0.484 e. The lowest BCUT2D eigenvalue weighted by atomic mass is 10.1. The summed E-state index contributed by atoms with van der Waals surface area (Å²) in [6, 6.07) is 12.4. The van der Waals surface area contributed by atoms with Gasteiger partial charge < -0.3 is 14.5 Å². The zero-order valence-electron chi connectivity index (χ0n) is 14.4. The molecule has 3 aromatic rings. The second kappa shape index (κ2) is 6.81. The summed E-state index contributed by atoms with van der Waals surface area (Å²) in [4.78, 5) is 23.6.